The molecule has 1 aliphatic heterocycles. The summed E-state index contributed by atoms with van der Waals surface area (Å²) in [5, 5.41) is 14.8. The third kappa shape index (κ3) is 2.87. The summed E-state index contributed by atoms with van der Waals surface area (Å²) in [7, 11) is 0. The summed E-state index contributed by atoms with van der Waals surface area (Å²) in [5.74, 6) is 0.558. The van der Waals surface area contributed by atoms with Gasteiger partial charge in [0.25, 0.3) is 5.91 Å². The standard InChI is InChI=1S/C24H32N2O4/c1-22(2,3)30-21(28)26-13-17-18-19(23(17,18)14-26)25-20(27)24(29,16-11-7-8-12-16)15-9-5-4-6-10-15/h4-6,9-10,16-19,29H,7-8,11-14H2,1-3H3,(H,25,27). The SMILES string of the molecule is CC(C)(C)OC(=O)N1CC2C3C(NC(=O)C(O)(c4ccccc4)C4CCCC4)C23C1. The molecule has 6 nitrogen and oxygen atoms in total. The summed E-state index contributed by atoms with van der Waals surface area (Å²) in [5.41, 5.74) is -1.31. The molecule has 30 heavy (non-hydrogen) atoms. The monoisotopic (exact) mass is 412 g/mol. The first kappa shape index (κ1) is 19.9. The zero-order valence-corrected chi connectivity index (χ0v) is 18.1. The van der Waals surface area contributed by atoms with Gasteiger partial charge < -0.3 is 20.1 Å². The van der Waals surface area contributed by atoms with Crippen LogP contribution in [-0.2, 0) is 15.1 Å². The van der Waals surface area contributed by atoms with Gasteiger partial charge in [-0.3, -0.25) is 4.79 Å². The quantitative estimate of drug-likeness (QED) is 0.797. The van der Waals surface area contributed by atoms with Gasteiger partial charge in [-0.05, 0) is 51.0 Å². The molecule has 4 fully saturated rings. The van der Waals surface area contributed by atoms with E-state index in [2.05, 4.69) is 5.32 Å². The molecule has 2 N–H and O–H groups in total. The molecule has 6 heteroatoms. The largest absolute Gasteiger partial charge is 0.444 e. The van der Waals surface area contributed by atoms with Crippen molar-refractivity contribution in [2.24, 2.45) is 23.2 Å². The van der Waals surface area contributed by atoms with E-state index in [0.717, 1.165) is 25.7 Å². The number of nitrogens with one attached hydrogen (secondary N) is 1. The summed E-state index contributed by atoms with van der Waals surface area (Å²) >= 11 is 0. The van der Waals surface area contributed by atoms with Crippen molar-refractivity contribution in [1.82, 2.24) is 10.2 Å². The normalized spacial score (nSPS) is 34.0. The summed E-state index contributed by atoms with van der Waals surface area (Å²) in [4.78, 5) is 27.6. The number of carbonyl (C=O) groups excluding carboxylic acids is 2. The van der Waals surface area contributed by atoms with E-state index >= 15 is 0 Å². The maximum Gasteiger partial charge on any atom is 0.410 e. The summed E-state index contributed by atoms with van der Waals surface area (Å²) in [6.07, 6.45) is 3.57. The molecule has 0 bridgehead atoms. The molecule has 5 unspecified atom stereocenters. The van der Waals surface area contributed by atoms with Crippen molar-refractivity contribution >= 4 is 12.0 Å². The van der Waals surface area contributed by atoms with Crippen LogP contribution in [-0.4, -0.2) is 46.7 Å². The van der Waals surface area contributed by atoms with E-state index in [0.29, 0.717) is 30.5 Å². The molecule has 1 spiro atoms. The van der Waals surface area contributed by atoms with Crippen molar-refractivity contribution in [2.75, 3.05) is 13.1 Å². The van der Waals surface area contributed by atoms with Crippen molar-refractivity contribution in [3.05, 3.63) is 35.9 Å². The molecular formula is C24H32N2O4. The van der Waals surface area contributed by atoms with E-state index in [1.807, 2.05) is 51.1 Å². The Balaban J connectivity index is 1.27. The lowest BCUT2D eigenvalue weighted by Crippen LogP contribution is -2.51. The minimum absolute atomic E-state index is 0.000161. The fourth-order valence-electron chi connectivity index (χ4n) is 6.17. The van der Waals surface area contributed by atoms with Crippen LogP contribution in [0.25, 0.3) is 0 Å². The number of piperidine rings is 1. The van der Waals surface area contributed by atoms with Crippen LogP contribution >= 0.6 is 0 Å². The highest BCUT2D eigenvalue weighted by molar-refractivity contribution is 5.88. The fraction of sp³-hybridized carbons (Fsp3) is 0.667. The molecule has 0 aromatic heterocycles. The second kappa shape index (κ2) is 6.46. The summed E-state index contributed by atoms with van der Waals surface area (Å²) in [6, 6.07) is 9.42. The molecule has 5 rings (SSSR count). The number of rotatable bonds is 4. The average molecular weight is 413 g/mol. The van der Waals surface area contributed by atoms with Crippen LogP contribution < -0.4 is 5.32 Å². The number of fused-ring (bicyclic) bond motifs is 1. The zero-order chi connectivity index (χ0) is 21.3. The number of hydrogen-bond acceptors (Lipinski definition) is 4. The highest BCUT2D eigenvalue weighted by atomic mass is 16.6. The number of hydrogen-bond donors (Lipinski definition) is 2. The average Bonchev–Trinajstić information content (AvgIpc) is 3.27. The van der Waals surface area contributed by atoms with Crippen molar-refractivity contribution in [1.29, 1.82) is 0 Å². The Morgan fingerprint density at radius 3 is 2.47 bits per heavy atom. The molecule has 3 aliphatic carbocycles. The van der Waals surface area contributed by atoms with Crippen LogP contribution in [0.3, 0.4) is 0 Å². The number of aliphatic hydroxyl groups is 1. The van der Waals surface area contributed by atoms with Gasteiger partial charge in [0.05, 0.1) is 0 Å². The highest BCUT2D eigenvalue weighted by Crippen LogP contribution is 2.82. The first-order chi connectivity index (χ1) is 14.2. The van der Waals surface area contributed by atoms with Gasteiger partial charge in [-0.15, -0.1) is 0 Å². The Hall–Kier alpha value is -2.08. The molecule has 5 atom stereocenters. The molecule has 162 valence electrons. The van der Waals surface area contributed by atoms with Crippen molar-refractivity contribution in [2.45, 2.75) is 63.7 Å². The van der Waals surface area contributed by atoms with Gasteiger partial charge in [0.1, 0.15) is 5.60 Å². The fourth-order valence-corrected chi connectivity index (χ4v) is 6.17. The van der Waals surface area contributed by atoms with E-state index in [4.69, 9.17) is 4.74 Å². The molecule has 1 saturated heterocycles. The Bertz CT molecular complexity index is 860. The van der Waals surface area contributed by atoms with Crippen LogP contribution in [0, 0.1) is 23.2 Å². The predicted molar refractivity (Wildman–Crippen MR) is 111 cm³/mol. The summed E-state index contributed by atoms with van der Waals surface area (Å²) < 4.78 is 5.51. The van der Waals surface area contributed by atoms with Crippen LogP contribution in [0.5, 0.6) is 0 Å². The molecule has 1 aromatic carbocycles. The Labute approximate surface area is 178 Å². The Morgan fingerprint density at radius 2 is 1.83 bits per heavy atom. The number of nitrogens with zero attached hydrogens (tertiary/aromatic N) is 1. The third-order valence-corrected chi connectivity index (χ3v) is 7.79. The van der Waals surface area contributed by atoms with Crippen molar-refractivity contribution in [3.63, 3.8) is 0 Å². The minimum Gasteiger partial charge on any atom is -0.444 e. The van der Waals surface area contributed by atoms with Crippen LogP contribution in [0.1, 0.15) is 52.0 Å². The van der Waals surface area contributed by atoms with Crippen LogP contribution in [0.15, 0.2) is 30.3 Å². The van der Waals surface area contributed by atoms with Crippen LogP contribution in [0.4, 0.5) is 4.79 Å². The van der Waals surface area contributed by atoms with Gasteiger partial charge in [-0.2, -0.15) is 0 Å². The number of ether oxygens (including phenoxy) is 1. The van der Waals surface area contributed by atoms with E-state index in [-0.39, 0.29) is 29.4 Å². The molecule has 4 aliphatic rings. The maximum atomic E-state index is 13.4. The van der Waals surface area contributed by atoms with E-state index in [1.54, 1.807) is 4.90 Å². The zero-order valence-electron chi connectivity index (χ0n) is 18.1. The Morgan fingerprint density at radius 1 is 1.17 bits per heavy atom. The first-order valence-corrected chi connectivity index (χ1v) is 11.2. The molecule has 1 aromatic rings. The number of carbonyl (C=O) groups is 2. The van der Waals surface area contributed by atoms with Gasteiger partial charge >= 0.3 is 6.09 Å². The molecule has 2 amide bonds. The molecular weight excluding hydrogens is 380 g/mol. The molecule has 1 heterocycles. The third-order valence-electron chi connectivity index (χ3n) is 7.79. The number of benzene rings is 1. The van der Waals surface area contributed by atoms with Gasteiger partial charge in [-0.25, -0.2) is 4.79 Å². The number of likely N-dealkylation sites (tertiary alicyclic amines) is 1. The van der Waals surface area contributed by atoms with Crippen LogP contribution in [0.2, 0.25) is 0 Å². The highest BCUT2D eigenvalue weighted by Gasteiger charge is 2.90. The second-order valence-electron chi connectivity index (χ2n) is 10.7. The van der Waals surface area contributed by atoms with E-state index in [9.17, 15) is 14.7 Å². The lowest BCUT2D eigenvalue weighted by atomic mass is 9.79. The maximum absolute atomic E-state index is 13.4. The molecule has 0 radical (unpaired) electrons. The second-order valence-corrected chi connectivity index (χ2v) is 10.7. The van der Waals surface area contributed by atoms with Crippen molar-refractivity contribution < 1.29 is 19.4 Å². The lowest BCUT2D eigenvalue weighted by Gasteiger charge is -2.34. The smallest absolute Gasteiger partial charge is 0.410 e. The van der Waals surface area contributed by atoms with E-state index < -0.39 is 11.2 Å². The minimum atomic E-state index is -1.48. The molecule has 3 saturated carbocycles. The lowest BCUT2D eigenvalue weighted by molar-refractivity contribution is -0.148. The first-order valence-electron chi connectivity index (χ1n) is 11.2. The summed E-state index contributed by atoms with van der Waals surface area (Å²) in [6.45, 7) is 6.95. The van der Waals surface area contributed by atoms with Crippen molar-refractivity contribution in [3.8, 4) is 0 Å². The van der Waals surface area contributed by atoms with Gasteiger partial charge in [-0.1, -0.05) is 43.2 Å². The topological polar surface area (TPSA) is 78.9 Å². The van der Waals surface area contributed by atoms with E-state index in [1.165, 1.54) is 0 Å². The van der Waals surface area contributed by atoms with Gasteiger partial charge in [0.15, 0.2) is 5.60 Å². The van der Waals surface area contributed by atoms with Gasteiger partial charge in [0, 0.05) is 30.5 Å². The number of amides is 2. The van der Waals surface area contributed by atoms with Gasteiger partial charge in [0.2, 0.25) is 0 Å². The predicted octanol–water partition coefficient (Wildman–Crippen LogP) is 3.05. The Kier molecular flexibility index (Phi) is 4.27.